The van der Waals surface area contributed by atoms with Gasteiger partial charge in [-0.3, -0.25) is 0 Å². The molecule has 1 spiro atoms. The summed E-state index contributed by atoms with van der Waals surface area (Å²) in [4.78, 5) is 5.04. The van der Waals surface area contributed by atoms with E-state index >= 15 is 0 Å². The Hall–Kier alpha value is -1.71. The van der Waals surface area contributed by atoms with Crippen LogP contribution in [0.3, 0.4) is 0 Å². The first kappa shape index (κ1) is 15.8. The minimum absolute atomic E-state index is 0.528. The lowest BCUT2D eigenvalue weighted by molar-refractivity contribution is -0.0206. The molecule has 0 amide bonds. The Bertz CT molecular complexity index is 685. The molecule has 2 aliphatic heterocycles. The van der Waals surface area contributed by atoms with Crippen LogP contribution in [0.25, 0.3) is 0 Å². The van der Waals surface area contributed by atoms with E-state index in [4.69, 9.17) is 16.3 Å². The number of nitrogens with zero attached hydrogens (tertiary/aromatic N) is 2. The number of anilines is 1. The maximum absolute atomic E-state index is 5.94. The van der Waals surface area contributed by atoms with Crippen molar-refractivity contribution >= 4 is 17.3 Å². The number of halogens is 1. The van der Waals surface area contributed by atoms with Crippen LogP contribution in [-0.2, 0) is 6.42 Å². The molecule has 0 atom stereocenters. The summed E-state index contributed by atoms with van der Waals surface area (Å²) in [6, 6.07) is 16.6. The van der Waals surface area contributed by atoms with Gasteiger partial charge in [0.05, 0.1) is 7.11 Å². The van der Waals surface area contributed by atoms with Crippen LogP contribution in [-0.4, -0.2) is 44.7 Å². The lowest BCUT2D eigenvalue weighted by Crippen LogP contribution is -2.72. The predicted octanol–water partition coefficient (Wildman–Crippen LogP) is 3.71. The van der Waals surface area contributed by atoms with Gasteiger partial charge in [0.25, 0.3) is 0 Å². The smallest absolute Gasteiger partial charge is 0.119 e. The molecule has 0 bridgehead atoms. The molecular weight excluding hydrogens is 320 g/mol. The van der Waals surface area contributed by atoms with E-state index in [2.05, 4.69) is 34.1 Å². The van der Waals surface area contributed by atoms with Crippen molar-refractivity contribution in [1.82, 2.24) is 4.90 Å². The van der Waals surface area contributed by atoms with E-state index in [9.17, 15) is 0 Å². The van der Waals surface area contributed by atoms with Crippen molar-refractivity contribution in [2.75, 3.05) is 44.7 Å². The Balaban J connectivity index is 1.22. The van der Waals surface area contributed by atoms with Crippen LogP contribution in [0.15, 0.2) is 48.5 Å². The number of hydrogen-bond donors (Lipinski definition) is 0. The first-order valence-electron chi connectivity index (χ1n) is 8.52. The first-order chi connectivity index (χ1) is 11.7. The minimum Gasteiger partial charge on any atom is -0.497 e. The summed E-state index contributed by atoms with van der Waals surface area (Å²) in [7, 11) is 1.71. The fraction of sp³-hybridized carbons (Fsp3) is 0.400. The first-order valence-corrected chi connectivity index (χ1v) is 8.89. The molecule has 2 aliphatic rings. The van der Waals surface area contributed by atoms with Gasteiger partial charge in [-0.1, -0.05) is 23.7 Å². The summed E-state index contributed by atoms with van der Waals surface area (Å²) < 4.78 is 5.23. The van der Waals surface area contributed by atoms with Gasteiger partial charge < -0.3 is 14.5 Å². The van der Waals surface area contributed by atoms with Crippen LogP contribution in [0.2, 0.25) is 5.02 Å². The third kappa shape index (κ3) is 3.11. The maximum Gasteiger partial charge on any atom is 0.119 e. The lowest BCUT2D eigenvalue weighted by atomic mass is 9.72. The quantitative estimate of drug-likeness (QED) is 0.823. The van der Waals surface area contributed by atoms with Crippen molar-refractivity contribution in [2.45, 2.75) is 6.42 Å². The van der Waals surface area contributed by atoms with Gasteiger partial charge in [0, 0.05) is 48.8 Å². The van der Waals surface area contributed by atoms with E-state index < -0.39 is 0 Å². The zero-order valence-electron chi connectivity index (χ0n) is 14.0. The summed E-state index contributed by atoms with van der Waals surface area (Å²) in [5.74, 6) is 0.922. The van der Waals surface area contributed by atoms with Crippen LogP contribution in [0.4, 0.5) is 5.69 Å². The third-order valence-corrected chi connectivity index (χ3v) is 5.49. The Morgan fingerprint density at radius 3 is 2.25 bits per heavy atom. The topological polar surface area (TPSA) is 15.7 Å². The van der Waals surface area contributed by atoms with Gasteiger partial charge in [-0.25, -0.2) is 0 Å². The summed E-state index contributed by atoms with van der Waals surface area (Å²) >= 11 is 5.94. The molecule has 2 saturated heterocycles. The number of hydrogen-bond acceptors (Lipinski definition) is 3. The Kier molecular flexibility index (Phi) is 4.15. The highest BCUT2D eigenvalue weighted by molar-refractivity contribution is 6.30. The molecule has 0 unspecified atom stereocenters. The van der Waals surface area contributed by atoms with Crippen molar-refractivity contribution in [1.29, 1.82) is 0 Å². The molecule has 0 N–H and O–H groups in total. The van der Waals surface area contributed by atoms with E-state index in [-0.39, 0.29) is 0 Å². The molecule has 4 heteroatoms. The van der Waals surface area contributed by atoms with Crippen molar-refractivity contribution < 1.29 is 4.74 Å². The van der Waals surface area contributed by atoms with Crippen LogP contribution in [0, 0.1) is 5.41 Å². The molecule has 2 aromatic rings. The zero-order chi connectivity index (χ0) is 16.6. The van der Waals surface area contributed by atoms with Crippen LogP contribution >= 0.6 is 11.6 Å². The molecule has 2 fully saturated rings. The number of likely N-dealkylation sites (tertiary alicyclic amines) is 1. The maximum atomic E-state index is 5.94. The number of methoxy groups -OCH3 is 1. The van der Waals surface area contributed by atoms with Gasteiger partial charge >= 0.3 is 0 Å². The second-order valence-electron chi connectivity index (χ2n) is 7.14. The fourth-order valence-corrected chi connectivity index (χ4v) is 4.06. The van der Waals surface area contributed by atoms with Crippen molar-refractivity contribution in [3.63, 3.8) is 0 Å². The van der Waals surface area contributed by atoms with Crippen LogP contribution in [0.1, 0.15) is 5.56 Å². The molecule has 0 radical (unpaired) electrons. The van der Waals surface area contributed by atoms with Gasteiger partial charge in [-0.05, 0) is 48.4 Å². The minimum atomic E-state index is 0.528. The molecule has 0 aromatic heterocycles. The third-order valence-electron chi connectivity index (χ3n) is 5.24. The SMILES string of the molecule is COc1ccc(N2CC3(CN(CCc4ccc(Cl)cc4)C3)C2)cc1. The number of ether oxygens (including phenoxy) is 1. The lowest BCUT2D eigenvalue weighted by Gasteiger charge is -2.61. The number of rotatable bonds is 5. The number of benzene rings is 2. The van der Waals surface area contributed by atoms with E-state index in [0.717, 1.165) is 23.7 Å². The van der Waals surface area contributed by atoms with Gasteiger partial charge in [0.2, 0.25) is 0 Å². The molecule has 2 heterocycles. The molecule has 3 nitrogen and oxygen atoms in total. The molecule has 126 valence electrons. The zero-order valence-corrected chi connectivity index (χ0v) is 14.8. The summed E-state index contributed by atoms with van der Waals surface area (Å²) in [6.07, 6.45) is 1.11. The van der Waals surface area contributed by atoms with Crippen molar-refractivity contribution in [3.05, 3.63) is 59.1 Å². The van der Waals surface area contributed by atoms with Crippen molar-refractivity contribution in [2.24, 2.45) is 5.41 Å². The van der Waals surface area contributed by atoms with Crippen molar-refractivity contribution in [3.8, 4) is 5.75 Å². The molecule has 24 heavy (non-hydrogen) atoms. The Labute approximate surface area is 148 Å². The van der Waals surface area contributed by atoms with E-state index in [1.165, 1.54) is 37.4 Å². The van der Waals surface area contributed by atoms with Crippen LogP contribution < -0.4 is 9.64 Å². The molecular formula is C20H23ClN2O. The van der Waals surface area contributed by atoms with Crippen LogP contribution in [0.5, 0.6) is 5.75 Å². The Morgan fingerprint density at radius 1 is 0.958 bits per heavy atom. The van der Waals surface area contributed by atoms with Gasteiger partial charge in [-0.15, -0.1) is 0 Å². The van der Waals surface area contributed by atoms with Gasteiger partial charge in [0.1, 0.15) is 5.75 Å². The molecule has 2 aromatic carbocycles. The Morgan fingerprint density at radius 2 is 1.62 bits per heavy atom. The average molecular weight is 343 g/mol. The second-order valence-corrected chi connectivity index (χ2v) is 7.58. The highest BCUT2D eigenvalue weighted by Gasteiger charge is 2.51. The summed E-state index contributed by atoms with van der Waals surface area (Å²) in [6.45, 7) is 5.96. The molecule has 0 saturated carbocycles. The normalized spacial score (nSPS) is 19.0. The van der Waals surface area contributed by atoms with E-state index in [1.54, 1.807) is 7.11 Å². The molecule has 4 rings (SSSR count). The predicted molar refractivity (Wildman–Crippen MR) is 99.2 cm³/mol. The average Bonchev–Trinajstić information content (AvgIpc) is 2.54. The summed E-state index contributed by atoms with van der Waals surface area (Å²) in [5, 5.41) is 0.815. The largest absolute Gasteiger partial charge is 0.497 e. The standard InChI is InChI=1S/C20H23ClN2O/c1-24-19-8-6-18(7-9-19)23-14-20(15-23)12-22(13-20)11-10-16-2-4-17(21)5-3-16/h2-9H,10-15H2,1H3. The fourth-order valence-electron chi connectivity index (χ4n) is 3.94. The van der Waals surface area contributed by atoms with E-state index in [0.29, 0.717) is 5.41 Å². The highest BCUT2D eigenvalue weighted by atomic mass is 35.5. The van der Waals surface area contributed by atoms with E-state index in [1.807, 2.05) is 24.3 Å². The molecule has 0 aliphatic carbocycles. The second kappa shape index (κ2) is 6.30. The monoisotopic (exact) mass is 342 g/mol. The van der Waals surface area contributed by atoms with Gasteiger partial charge in [0.15, 0.2) is 0 Å². The highest BCUT2D eigenvalue weighted by Crippen LogP contribution is 2.42. The summed E-state index contributed by atoms with van der Waals surface area (Å²) in [5.41, 5.74) is 3.20. The van der Waals surface area contributed by atoms with Gasteiger partial charge in [-0.2, -0.15) is 0 Å².